The van der Waals surface area contributed by atoms with Gasteiger partial charge in [0.1, 0.15) is 5.82 Å². The molecule has 0 N–H and O–H groups in total. The van der Waals surface area contributed by atoms with E-state index in [1.165, 1.54) is 6.07 Å². The molecular weight excluding hydrogens is 222 g/mol. The lowest BCUT2D eigenvalue weighted by molar-refractivity contribution is 0.610. The van der Waals surface area contributed by atoms with Crippen LogP contribution in [-0.2, 0) is 0 Å². The Morgan fingerprint density at radius 2 is 1.71 bits per heavy atom. The van der Waals surface area contributed by atoms with Crippen LogP contribution in [0, 0.1) is 11.6 Å². The molecule has 0 aliphatic heterocycles. The second kappa shape index (κ2) is 4.57. The molecule has 0 bridgehead atoms. The van der Waals surface area contributed by atoms with Crippen LogP contribution in [0.2, 0.25) is 0 Å². The van der Waals surface area contributed by atoms with Gasteiger partial charge in [0.15, 0.2) is 11.6 Å². The Balaban J connectivity index is 2.43. The van der Waals surface area contributed by atoms with Gasteiger partial charge in [0.2, 0.25) is 0 Å². The number of hydrogen-bond acceptors (Lipinski definition) is 2. The van der Waals surface area contributed by atoms with Crippen molar-refractivity contribution < 1.29 is 8.78 Å². The fourth-order valence-electron chi connectivity index (χ4n) is 1.52. The van der Waals surface area contributed by atoms with E-state index in [0.29, 0.717) is 0 Å². The molecule has 2 nitrogen and oxygen atoms in total. The summed E-state index contributed by atoms with van der Waals surface area (Å²) in [4.78, 5) is 7.52. The van der Waals surface area contributed by atoms with Crippen molar-refractivity contribution in [2.75, 3.05) is 0 Å². The molecule has 0 fully saturated rings. The molecule has 2 aromatic rings. The van der Waals surface area contributed by atoms with Gasteiger partial charge in [-0.05, 0) is 23.6 Å². The van der Waals surface area contributed by atoms with Crippen molar-refractivity contribution in [3.8, 4) is 11.4 Å². The topological polar surface area (TPSA) is 25.8 Å². The van der Waals surface area contributed by atoms with Gasteiger partial charge < -0.3 is 0 Å². The van der Waals surface area contributed by atoms with Crippen LogP contribution in [0.3, 0.4) is 0 Å². The minimum Gasteiger partial charge on any atom is -0.233 e. The maximum absolute atomic E-state index is 13.8. The minimum atomic E-state index is -0.534. The van der Waals surface area contributed by atoms with E-state index >= 15 is 0 Å². The maximum Gasteiger partial charge on any atom is 0.162 e. The average molecular weight is 234 g/mol. The standard InChI is InChI=1S/C13H12F2N2/c1-8(2)9-3-4-11(12(15)5-9)13-16-6-10(14)7-17-13/h3-8H,1-2H3. The SMILES string of the molecule is CC(C)c1ccc(-c2ncc(F)cn2)c(F)c1. The van der Waals surface area contributed by atoms with Crippen LogP contribution < -0.4 is 0 Å². The predicted octanol–water partition coefficient (Wildman–Crippen LogP) is 3.55. The van der Waals surface area contributed by atoms with Gasteiger partial charge in [-0.1, -0.05) is 19.9 Å². The first-order valence-corrected chi connectivity index (χ1v) is 5.35. The zero-order valence-corrected chi connectivity index (χ0v) is 9.61. The molecule has 4 heteroatoms. The highest BCUT2D eigenvalue weighted by Crippen LogP contribution is 2.23. The van der Waals surface area contributed by atoms with Gasteiger partial charge in [-0.2, -0.15) is 0 Å². The van der Waals surface area contributed by atoms with Crippen LogP contribution >= 0.6 is 0 Å². The number of nitrogens with zero attached hydrogens (tertiary/aromatic N) is 2. The van der Waals surface area contributed by atoms with Gasteiger partial charge in [-0.15, -0.1) is 0 Å². The van der Waals surface area contributed by atoms with Gasteiger partial charge in [0, 0.05) is 0 Å². The van der Waals surface area contributed by atoms with Crippen molar-refractivity contribution in [2.45, 2.75) is 19.8 Å². The van der Waals surface area contributed by atoms with E-state index in [-0.39, 0.29) is 23.1 Å². The van der Waals surface area contributed by atoms with E-state index in [9.17, 15) is 8.78 Å². The molecule has 0 unspecified atom stereocenters. The normalized spacial score (nSPS) is 10.9. The number of aromatic nitrogens is 2. The third-order valence-electron chi connectivity index (χ3n) is 2.52. The summed E-state index contributed by atoms with van der Waals surface area (Å²) in [5.41, 5.74) is 1.20. The third kappa shape index (κ3) is 2.46. The molecule has 2 rings (SSSR count). The summed E-state index contributed by atoms with van der Waals surface area (Å²) in [6.07, 6.45) is 2.05. The van der Waals surface area contributed by atoms with Crippen molar-refractivity contribution in [1.29, 1.82) is 0 Å². The van der Waals surface area contributed by atoms with E-state index in [2.05, 4.69) is 9.97 Å². The smallest absolute Gasteiger partial charge is 0.162 e. The zero-order valence-electron chi connectivity index (χ0n) is 9.61. The molecule has 1 heterocycles. The Morgan fingerprint density at radius 1 is 1.06 bits per heavy atom. The van der Waals surface area contributed by atoms with Crippen LogP contribution in [0.5, 0.6) is 0 Å². The largest absolute Gasteiger partial charge is 0.233 e. The zero-order chi connectivity index (χ0) is 12.4. The van der Waals surface area contributed by atoms with Crippen molar-refractivity contribution in [2.24, 2.45) is 0 Å². The summed E-state index contributed by atoms with van der Waals surface area (Å²) >= 11 is 0. The number of halogens is 2. The fraction of sp³-hybridized carbons (Fsp3) is 0.231. The predicted molar refractivity (Wildman–Crippen MR) is 61.5 cm³/mol. The lowest BCUT2D eigenvalue weighted by Gasteiger charge is -2.07. The third-order valence-corrected chi connectivity index (χ3v) is 2.52. The first-order chi connectivity index (χ1) is 8.08. The summed E-state index contributed by atoms with van der Waals surface area (Å²) in [5, 5.41) is 0. The van der Waals surface area contributed by atoms with Crippen molar-refractivity contribution in [3.63, 3.8) is 0 Å². The van der Waals surface area contributed by atoms with Crippen molar-refractivity contribution in [1.82, 2.24) is 9.97 Å². The van der Waals surface area contributed by atoms with E-state index < -0.39 is 5.82 Å². The van der Waals surface area contributed by atoms with Gasteiger partial charge in [-0.25, -0.2) is 18.7 Å². The molecule has 0 aliphatic carbocycles. The molecule has 0 spiro atoms. The summed E-state index contributed by atoms with van der Waals surface area (Å²) in [6, 6.07) is 4.92. The fourth-order valence-corrected chi connectivity index (χ4v) is 1.52. The molecule has 0 radical (unpaired) electrons. The minimum absolute atomic E-state index is 0.194. The summed E-state index contributed by atoms with van der Waals surface area (Å²) in [6.45, 7) is 3.98. The highest BCUT2D eigenvalue weighted by Gasteiger charge is 2.10. The lowest BCUT2D eigenvalue weighted by Crippen LogP contribution is -1.95. The Kier molecular flexibility index (Phi) is 3.13. The monoisotopic (exact) mass is 234 g/mol. The van der Waals surface area contributed by atoms with Crippen LogP contribution in [-0.4, -0.2) is 9.97 Å². The van der Waals surface area contributed by atoms with E-state index in [0.717, 1.165) is 18.0 Å². The highest BCUT2D eigenvalue weighted by atomic mass is 19.1. The molecule has 1 aromatic heterocycles. The molecule has 0 amide bonds. The number of benzene rings is 1. The van der Waals surface area contributed by atoms with Crippen LogP contribution in [0.25, 0.3) is 11.4 Å². The molecule has 0 atom stereocenters. The first-order valence-electron chi connectivity index (χ1n) is 5.35. The van der Waals surface area contributed by atoms with Crippen LogP contribution in [0.4, 0.5) is 8.78 Å². The van der Waals surface area contributed by atoms with Crippen molar-refractivity contribution >= 4 is 0 Å². The quantitative estimate of drug-likeness (QED) is 0.794. The van der Waals surface area contributed by atoms with E-state index in [1.807, 2.05) is 19.9 Å². The molecule has 88 valence electrons. The number of rotatable bonds is 2. The molecular formula is C13H12F2N2. The van der Waals surface area contributed by atoms with Crippen LogP contribution in [0.15, 0.2) is 30.6 Å². The van der Waals surface area contributed by atoms with E-state index in [1.54, 1.807) is 6.07 Å². The summed E-state index contributed by atoms with van der Waals surface area (Å²) in [7, 11) is 0. The Bertz CT molecular complexity index is 521. The summed E-state index contributed by atoms with van der Waals surface area (Å²) < 4.78 is 26.5. The molecule has 0 saturated heterocycles. The number of hydrogen-bond donors (Lipinski definition) is 0. The van der Waals surface area contributed by atoms with Gasteiger partial charge >= 0.3 is 0 Å². The van der Waals surface area contributed by atoms with Gasteiger partial charge in [0.05, 0.1) is 18.0 Å². The van der Waals surface area contributed by atoms with Crippen molar-refractivity contribution in [3.05, 3.63) is 47.8 Å². The van der Waals surface area contributed by atoms with Gasteiger partial charge in [0.25, 0.3) is 0 Å². The lowest BCUT2D eigenvalue weighted by atomic mass is 10.0. The Morgan fingerprint density at radius 3 is 2.24 bits per heavy atom. The van der Waals surface area contributed by atoms with E-state index in [4.69, 9.17) is 0 Å². The highest BCUT2D eigenvalue weighted by molar-refractivity contribution is 5.56. The molecule has 17 heavy (non-hydrogen) atoms. The van der Waals surface area contributed by atoms with Gasteiger partial charge in [-0.3, -0.25) is 0 Å². The molecule has 0 saturated carbocycles. The molecule has 1 aromatic carbocycles. The first kappa shape index (κ1) is 11.6. The Labute approximate surface area is 98.4 Å². The summed E-state index contributed by atoms with van der Waals surface area (Å²) in [5.74, 6) is -0.470. The second-order valence-corrected chi connectivity index (χ2v) is 4.12. The molecule has 0 aliphatic rings. The Hall–Kier alpha value is -1.84. The maximum atomic E-state index is 13.8. The average Bonchev–Trinajstić information content (AvgIpc) is 2.30. The second-order valence-electron chi connectivity index (χ2n) is 4.12. The van der Waals surface area contributed by atoms with Crippen LogP contribution in [0.1, 0.15) is 25.3 Å².